The fourth-order valence-electron chi connectivity index (χ4n) is 2.95. The number of nitrogens with zero attached hydrogens (tertiary/aromatic N) is 3. The van der Waals surface area contributed by atoms with Crippen molar-refractivity contribution in [2.24, 2.45) is 5.73 Å². The molecule has 30 heavy (non-hydrogen) atoms. The first kappa shape index (κ1) is 20.0. The number of fused-ring (bicyclic) bond motifs is 1. The Hall–Kier alpha value is -3.30. The van der Waals surface area contributed by atoms with Crippen LogP contribution in [0.25, 0.3) is 16.0 Å². The van der Waals surface area contributed by atoms with Crippen molar-refractivity contribution < 1.29 is 19.0 Å². The number of nitrogens with two attached hydrogens (primary N) is 1. The Labute approximate surface area is 180 Å². The van der Waals surface area contributed by atoms with Crippen molar-refractivity contribution in [3.05, 3.63) is 58.4 Å². The summed E-state index contributed by atoms with van der Waals surface area (Å²) >= 11 is 7.29. The lowest BCUT2D eigenvalue weighted by Crippen LogP contribution is -2.10. The number of methoxy groups -OCH3 is 2. The third kappa shape index (κ3) is 3.64. The molecule has 0 aliphatic rings. The van der Waals surface area contributed by atoms with E-state index >= 15 is 0 Å². The molecule has 0 aliphatic carbocycles. The van der Waals surface area contributed by atoms with Crippen molar-refractivity contribution in [3.63, 3.8) is 0 Å². The number of carbonyl (C=O) groups excluding carboxylic acids is 1. The van der Waals surface area contributed by atoms with E-state index in [1.165, 1.54) is 11.3 Å². The molecule has 4 aromatic rings. The first-order valence-electron chi connectivity index (χ1n) is 8.77. The maximum absolute atomic E-state index is 12.0. The fraction of sp³-hybridized carbons (Fsp3) is 0.150. The van der Waals surface area contributed by atoms with Crippen LogP contribution in [0.4, 0.5) is 0 Å². The molecule has 1 aromatic carbocycles. The van der Waals surface area contributed by atoms with Crippen LogP contribution >= 0.6 is 22.9 Å². The van der Waals surface area contributed by atoms with Gasteiger partial charge in [-0.15, -0.1) is 11.3 Å². The molecule has 0 radical (unpaired) electrons. The molecular weight excluding hydrogens is 428 g/mol. The maximum atomic E-state index is 12.0. The minimum absolute atomic E-state index is 0.152. The number of pyridine rings is 1. The second kappa shape index (κ2) is 8.21. The molecule has 8 nitrogen and oxygen atoms in total. The normalized spacial score (nSPS) is 10.9. The highest BCUT2D eigenvalue weighted by atomic mass is 35.5. The summed E-state index contributed by atoms with van der Waals surface area (Å²) in [6.07, 6.45) is 3.25. The summed E-state index contributed by atoms with van der Waals surface area (Å²) in [5.74, 6) is 0.935. The van der Waals surface area contributed by atoms with Crippen molar-refractivity contribution in [2.75, 3.05) is 14.2 Å². The minimum Gasteiger partial charge on any atom is -0.493 e. The minimum atomic E-state index is -0.581. The van der Waals surface area contributed by atoms with E-state index < -0.39 is 5.91 Å². The molecule has 3 heterocycles. The summed E-state index contributed by atoms with van der Waals surface area (Å²) in [6, 6.07) is 8.91. The van der Waals surface area contributed by atoms with Crippen LogP contribution in [0.3, 0.4) is 0 Å². The molecule has 0 saturated heterocycles. The topological polar surface area (TPSA) is 101 Å². The van der Waals surface area contributed by atoms with Gasteiger partial charge in [-0.25, -0.2) is 9.97 Å². The Morgan fingerprint density at radius 1 is 1.17 bits per heavy atom. The number of hydrogen-bond acceptors (Lipinski definition) is 7. The predicted octanol–water partition coefficient (Wildman–Crippen LogP) is 3.83. The van der Waals surface area contributed by atoms with Crippen LogP contribution < -0.4 is 19.9 Å². The zero-order valence-electron chi connectivity index (χ0n) is 16.1. The standard InChI is InChI=1S/C20H17ClN4O4S/c1-27-14-6-12-13(7-15(14)28-2)25(10-24-12)17-8-16(18(30-17)20(22)26)29-9-11-4-3-5-23-19(11)21/h3-8,10H,9H2,1-2H3,(H2,22,26). The Morgan fingerprint density at radius 2 is 1.93 bits per heavy atom. The number of aromatic nitrogens is 3. The molecule has 0 aliphatic heterocycles. The van der Waals surface area contributed by atoms with Crippen LogP contribution in [-0.4, -0.2) is 34.7 Å². The van der Waals surface area contributed by atoms with Gasteiger partial charge in [-0.1, -0.05) is 17.7 Å². The summed E-state index contributed by atoms with van der Waals surface area (Å²) in [6.45, 7) is 0.152. The average molecular weight is 445 g/mol. The highest BCUT2D eigenvalue weighted by molar-refractivity contribution is 7.16. The number of primary amides is 1. The van der Waals surface area contributed by atoms with Gasteiger partial charge in [-0.05, 0) is 6.07 Å². The number of benzene rings is 1. The van der Waals surface area contributed by atoms with E-state index in [4.69, 9.17) is 31.5 Å². The van der Waals surface area contributed by atoms with E-state index in [0.717, 1.165) is 5.52 Å². The van der Waals surface area contributed by atoms with Gasteiger partial charge < -0.3 is 19.9 Å². The fourth-order valence-corrected chi connectivity index (χ4v) is 4.07. The molecule has 1 amide bonds. The van der Waals surface area contributed by atoms with Gasteiger partial charge in [0.25, 0.3) is 5.91 Å². The number of carbonyl (C=O) groups is 1. The molecule has 0 fully saturated rings. The summed E-state index contributed by atoms with van der Waals surface area (Å²) in [5, 5.41) is 1.06. The van der Waals surface area contributed by atoms with Crippen molar-refractivity contribution in [1.29, 1.82) is 0 Å². The Balaban J connectivity index is 1.72. The summed E-state index contributed by atoms with van der Waals surface area (Å²) < 4.78 is 18.4. The number of imidazole rings is 1. The molecule has 0 saturated carbocycles. The van der Waals surface area contributed by atoms with Crippen molar-refractivity contribution >= 4 is 39.9 Å². The van der Waals surface area contributed by atoms with Crippen LogP contribution in [0.15, 0.2) is 42.9 Å². The van der Waals surface area contributed by atoms with Gasteiger partial charge >= 0.3 is 0 Å². The predicted molar refractivity (Wildman–Crippen MR) is 114 cm³/mol. The van der Waals surface area contributed by atoms with Crippen LogP contribution in [-0.2, 0) is 6.61 Å². The van der Waals surface area contributed by atoms with Crippen LogP contribution in [0, 0.1) is 0 Å². The van der Waals surface area contributed by atoms with Gasteiger partial charge in [0.2, 0.25) is 0 Å². The zero-order valence-corrected chi connectivity index (χ0v) is 17.7. The van der Waals surface area contributed by atoms with E-state index in [1.54, 1.807) is 51.0 Å². The quantitative estimate of drug-likeness (QED) is 0.435. The molecule has 154 valence electrons. The van der Waals surface area contributed by atoms with Crippen LogP contribution in [0.5, 0.6) is 17.2 Å². The molecular formula is C20H17ClN4O4S. The molecule has 10 heteroatoms. The van der Waals surface area contributed by atoms with Crippen LogP contribution in [0.2, 0.25) is 5.15 Å². The highest BCUT2D eigenvalue weighted by Crippen LogP contribution is 2.37. The average Bonchev–Trinajstić information content (AvgIpc) is 3.35. The molecule has 0 atom stereocenters. The van der Waals surface area contributed by atoms with Gasteiger partial charge in [0.1, 0.15) is 33.7 Å². The third-order valence-electron chi connectivity index (χ3n) is 4.42. The summed E-state index contributed by atoms with van der Waals surface area (Å²) in [7, 11) is 3.13. The third-order valence-corrected chi connectivity index (χ3v) is 5.89. The summed E-state index contributed by atoms with van der Waals surface area (Å²) in [4.78, 5) is 20.7. The molecule has 0 unspecified atom stereocenters. The van der Waals surface area contributed by atoms with Gasteiger partial charge in [-0.2, -0.15) is 0 Å². The Kier molecular flexibility index (Phi) is 5.47. The number of halogens is 1. The highest BCUT2D eigenvalue weighted by Gasteiger charge is 2.19. The lowest BCUT2D eigenvalue weighted by atomic mass is 10.2. The number of thiophene rings is 1. The van der Waals surface area contributed by atoms with E-state index in [2.05, 4.69) is 9.97 Å². The molecule has 2 N–H and O–H groups in total. The molecule has 0 bridgehead atoms. The number of amides is 1. The van der Waals surface area contributed by atoms with Crippen LogP contribution in [0.1, 0.15) is 15.2 Å². The lowest BCUT2D eigenvalue weighted by molar-refractivity contribution is 0.1000. The first-order chi connectivity index (χ1) is 14.5. The largest absolute Gasteiger partial charge is 0.493 e. The second-order valence-electron chi connectivity index (χ2n) is 6.19. The first-order valence-corrected chi connectivity index (χ1v) is 9.96. The van der Waals surface area contributed by atoms with E-state index in [1.807, 2.05) is 10.6 Å². The van der Waals surface area contributed by atoms with E-state index in [-0.39, 0.29) is 6.61 Å². The lowest BCUT2D eigenvalue weighted by Gasteiger charge is -2.08. The Morgan fingerprint density at radius 3 is 2.63 bits per heavy atom. The smallest absolute Gasteiger partial charge is 0.262 e. The van der Waals surface area contributed by atoms with Gasteiger partial charge in [0.15, 0.2) is 11.5 Å². The second-order valence-corrected chi connectivity index (χ2v) is 7.58. The van der Waals surface area contributed by atoms with Gasteiger partial charge in [-0.3, -0.25) is 9.36 Å². The number of hydrogen-bond donors (Lipinski definition) is 1. The number of ether oxygens (including phenoxy) is 3. The molecule has 0 spiro atoms. The van der Waals surface area contributed by atoms with Crippen molar-refractivity contribution in [3.8, 4) is 22.2 Å². The maximum Gasteiger partial charge on any atom is 0.262 e. The zero-order chi connectivity index (χ0) is 21.3. The molecule has 3 aromatic heterocycles. The molecule has 4 rings (SSSR count). The SMILES string of the molecule is COc1cc2ncn(-c3cc(OCc4cccnc4Cl)c(C(N)=O)s3)c2cc1OC. The van der Waals surface area contributed by atoms with Crippen molar-refractivity contribution in [1.82, 2.24) is 14.5 Å². The van der Waals surface area contributed by atoms with Crippen molar-refractivity contribution in [2.45, 2.75) is 6.61 Å². The monoisotopic (exact) mass is 444 g/mol. The number of rotatable bonds is 7. The van der Waals surface area contributed by atoms with Gasteiger partial charge in [0, 0.05) is 30.0 Å². The summed E-state index contributed by atoms with van der Waals surface area (Å²) in [5.41, 5.74) is 7.77. The Bertz CT molecular complexity index is 1240. The van der Waals surface area contributed by atoms with E-state index in [9.17, 15) is 4.79 Å². The van der Waals surface area contributed by atoms with Gasteiger partial charge in [0.05, 0.1) is 25.3 Å². The van der Waals surface area contributed by atoms with E-state index in [0.29, 0.717) is 43.4 Å².